The number of amides is 1. The van der Waals surface area contributed by atoms with Crippen molar-refractivity contribution in [3.8, 4) is 0 Å². The Morgan fingerprint density at radius 3 is 2.06 bits per heavy atom. The predicted octanol–water partition coefficient (Wildman–Crippen LogP) is 1.55. The van der Waals surface area contributed by atoms with Crippen molar-refractivity contribution in [1.82, 2.24) is 5.32 Å². The zero-order chi connectivity index (χ0) is 13.1. The minimum Gasteiger partial charge on any atom is -0.480 e. The van der Waals surface area contributed by atoms with E-state index in [9.17, 15) is 22.8 Å². The second kappa shape index (κ2) is 4.71. The van der Waals surface area contributed by atoms with E-state index in [1.54, 1.807) is 6.92 Å². The Balaban J connectivity index is 4.98. The topological polar surface area (TPSA) is 66.4 Å². The van der Waals surface area contributed by atoms with Gasteiger partial charge in [0, 0.05) is 0 Å². The summed E-state index contributed by atoms with van der Waals surface area (Å²) in [6, 6.07) is 0. The molecule has 0 saturated heterocycles. The van der Waals surface area contributed by atoms with Crippen molar-refractivity contribution in [2.24, 2.45) is 5.92 Å². The molecule has 0 bridgehead atoms. The summed E-state index contributed by atoms with van der Waals surface area (Å²) in [6.45, 7) is 4.16. The Kier molecular flexibility index (Phi) is 4.34. The number of halogens is 3. The summed E-state index contributed by atoms with van der Waals surface area (Å²) in [4.78, 5) is 21.6. The molecule has 16 heavy (non-hydrogen) atoms. The molecule has 0 aromatic heterocycles. The molecule has 0 aliphatic carbocycles. The Labute approximate surface area is 90.8 Å². The van der Waals surface area contributed by atoms with Crippen molar-refractivity contribution in [2.75, 3.05) is 0 Å². The number of rotatable bonds is 4. The van der Waals surface area contributed by atoms with Crippen LogP contribution in [0.15, 0.2) is 0 Å². The fourth-order valence-electron chi connectivity index (χ4n) is 1.10. The molecule has 0 aromatic rings. The monoisotopic (exact) mass is 241 g/mol. The van der Waals surface area contributed by atoms with Gasteiger partial charge >= 0.3 is 18.1 Å². The number of hydrogen-bond donors (Lipinski definition) is 2. The maximum absolute atomic E-state index is 12.0. The molecule has 0 spiro atoms. The standard InChI is InChI=1S/C9H14F3NO3/c1-4-5(2)8(3,7(15)16)13-6(14)9(10,11)12/h5H,4H2,1-3H3,(H,13,14)(H,15,16)/t5-,8?/m0/s1. The minimum atomic E-state index is -5.08. The smallest absolute Gasteiger partial charge is 0.471 e. The lowest BCUT2D eigenvalue weighted by Gasteiger charge is -2.32. The Hall–Kier alpha value is -1.27. The fourth-order valence-corrected chi connectivity index (χ4v) is 1.10. The van der Waals surface area contributed by atoms with Crippen molar-refractivity contribution in [3.05, 3.63) is 0 Å². The van der Waals surface area contributed by atoms with Gasteiger partial charge in [0.2, 0.25) is 0 Å². The molecule has 7 heteroatoms. The van der Waals surface area contributed by atoms with Crippen molar-refractivity contribution >= 4 is 11.9 Å². The minimum absolute atomic E-state index is 0.334. The van der Waals surface area contributed by atoms with E-state index in [2.05, 4.69) is 0 Å². The number of aliphatic carboxylic acids is 1. The van der Waals surface area contributed by atoms with E-state index in [1.165, 1.54) is 12.2 Å². The number of nitrogens with one attached hydrogen (secondary N) is 1. The summed E-state index contributed by atoms with van der Waals surface area (Å²) in [5, 5.41) is 10.4. The summed E-state index contributed by atoms with van der Waals surface area (Å²) >= 11 is 0. The van der Waals surface area contributed by atoms with E-state index >= 15 is 0 Å². The highest BCUT2D eigenvalue weighted by molar-refractivity contribution is 5.89. The Morgan fingerprint density at radius 1 is 1.38 bits per heavy atom. The first kappa shape index (κ1) is 14.7. The highest BCUT2D eigenvalue weighted by Gasteiger charge is 2.47. The number of carboxylic acids is 1. The van der Waals surface area contributed by atoms with Crippen LogP contribution in [-0.2, 0) is 9.59 Å². The molecule has 0 heterocycles. The zero-order valence-corrected chi connectivity index (χ0v) is 9.18. The molecule has 94 valence electrons. The SMILES string of the molecule is CC[C@H](C)C(C)(NC(=O)C(F)(F)F)C(=O)O. The van der Waals surface area contributed by atoms with E-state index < -0.39 is 29.5 Å². The molecule has 0 aromatic carbocycles. The molecule has 0 aliphatic heterocycles. The summed E-state index contributed by atoms with van der Waals surface area (Å²) in [7, 11) is 0. The number of alkyl halides is 3. The van der Waals surface area contributed by atoms with Gasteiger partial charge in [-0.15, -0.1) is 0 Å². The van der Waals surface area contributed by atoms with Crippen LogP contribution < -0.4 is 5.32 Å². The van der Waals surface area contributed by atoms with Gasteiger partial charge < -0.3 is 10.4 Å². The van der Waals surface area contributed by atoms with Crippen LogP contribution >= 0.6 is 0 Å². The molecule has 0 fully saturated rings. The molecular weight excluding hydrogens is 227 g/mol. The summed E-state index contributed by atoms with van der Waals surface area (Å²) in [5.74, 6) is -4.34. The predicted molar refractivity (Wildman–Crippen MR) is 49.7 cm³/mol. The molecule has 1 unspecified atom stereocenters. The van der Waals surface area contributed by atoms with Crippen LogP contribution in [0.4, 0.5) is 13.2 Å². The van der Waals surface area contributed by atoms with E-state index in [0.717, 1.165) is 6.92 Å². The van der Waals surface area contributed by atoms with E-state index in [-0.39, 0.29) is 0 Å². The third-order valence-corrected chi connectivity index (χ3v) is 2.67. The second-order valence-corrected chi connectivity index (χ2v) is 3.77. The van der Waals surface area contributed by atoms with E-state index in [1.807, 2.05) is 0 Å². The number of hydrogen-bond acceptors (Lipinski definition) is 2. The second-order valence-electron chi connectivity index (χ2n) is 3.77. The lowest BCUT2D eigenvalue weighted by Crippen LogP contribution is -2.59. The van der Waals surface area contributed by atoms with Crippen molar-refractivity contribution in [3.63, 3.8) is 0 Å². The number of carbonyl (C=O) groups is 2. The molecule has 2 N–H and O–H groups in total. The Bertz CT molecular complexity index is 290. The molecule has 4 nitrogen and oxygen atoms in total. The number of carbonyl (C=O) groups excluding carboxylic acids is 1. The molecule has 1 amide bonds. The summed E-state index contributed by atoms with van der Waals surface area (Å²) in [5.41, 5.74) is -1.92. The average Bonchev–Trinajstić information content (AvgIpc) is 2.14. The van der Waals surface area contributed by atoms with Crippen LogP contribution in [-0.4, -0.2) is 28.7 Å². The maximum Gasteiger partial charge on any atom is 0.471 e. The fraction of sp³-hybridized carbons (Fsp3) is 0.778. The Morgan fingerprint density at radius 2 is 1.81 bits per heavy atom. The number of carboxylic acid groups (broad SMARTS) is 1. The van der Waals surface area contributed by atoms with Gasteiger partial charge in [0.25, 0.3) is 0 Å². The van der Waals surface area contributed by atoms with Gasteiger partial charge in [-0.3, -0.25) is 4.79 Å². The molecule has 0 radical (unpaired) electrons. The summed E-state index contributed by atoms with van der Waals surface area (Å²) in [6.07, 6.45) is -4.74. The lowest BCUT2D eigenvalue weighted by molar-refractivity contribution is -0.178. The highest BCUT2D eigenvalue weighted by atomic mass is 19.4. The zero-order valence-electron chi connectivity index (χ0n) is 9.18. The van der Waals surface area contributed by atoms with Crippen LogP contribution in [0.1, 0.15) is 27.2 Å². The van der Waals surface area contributed by atoms with Crippen molar-refractivity contribution < 1.29 is 27.9 Å². The average molecular weight is 241 g/mol. The normalized spacial score (nSPS) is 17.4. The quantitative estimate of drug-likeness (QED) is 0.784. The van der Waals surface area contributed by atoms with Gasteiger partial charge in [0.15, 0.2) is 0 Å². The maximum atomic E-state index is 12.0. The van der Waals surface area contributed by atoms with Gasteiger partial charge in [-0.05, 0) is 12.8 Å². The first-order chi connectivity index (χ1) is 7.05. The van der Waals surface area contributed by atoms with Gasteiger partial charge in [-0.1, -0.05) is 20.3 Å². The van der Waals surface area contributed by atoms with Crippen LogP contribution in [0.25, 0.3) is 0 Å². The van der Waals surface area contributed by atoms with E-state index in [0.29, 0.717) is 6.42 Å². The van der Waals surface area contributed by atoms with Crippen LogP contribution in [0.3, 0.4) is 0 Å². The van der Waals surface area contributed by atoms with Crippen LogP contribution in [0.2, 0.25) is 0 Å². The molecular formula is C9H14F3NO3. The first-order valence-corrected chi connectivity index (χ1v) is 4.68. The lowest BCUT2D eigenvalue weighted by atomic mass is 9.85. The third-order valence-electron chi connectivity index (χ3n) is 2.67. The summed E-state index contributed by atoms with van der Waals surface area (Å²) < 4.78 is 36.0. The molecule has 0 aliphatic rings. The van der Waals surface area contributed by atoms with Gasteiger partial charge in [-0.2, -0.15) is 13.2 Å². The van der Waals surface area contributed by atoms with Crippen molar-refractivity contribution in [1.29, 1.82) is 0 Å². The molecule has 2 atom stereocenters. The largest absolute Gasteiger partial charge is 0.480 e. The first-order valence-electron chi connectivity index (χ1n) is 4.68. The van der Waals surface area contributed by atoms with Crippen LogP contribution in [0.5, 0.6) is 0 Å². The van der Waals surface area contributed by atoms with Gasteiger partial charge in [-0.25, -0.2) is 4.79 Å². The van der Waals surface area contributed by atoms with Crippen LogP contribution in [0, 0.1) is 5.92 Å². The van der Waals surface area contributed by atoms with E-state index in [4.69, 9.17) is 5.11 Å². The molecule has 0 rings (SSSR count). The van der Waals surface area contributed by atoms with Gasteiger partial charge in [0.05, 0.1) is 0 Å². The highest BCUT2D eigenvalue weighted by Crippen LogP contribution is 2.23. The third kappa shape index (κ3) is 3.11. The van der Waals surface area contributed by atoms with Gasteiger partial charge in [0.1, 0.15) is 5.54 Å². The molecule has 0 saturated carbocycles. The van der Waals surface area contributed by atoms with Crippen molar-refractivity contribution in [2.45, 2.75) is 38.9 Å².